The van der Waals surface area contributed by atoms with Crippen LogP contribution in [-0.2, 0) is 22.4 Å². The fraction of sp³-hybridized carbons (Fsp3) is 0.300. The minimum atomic E-state index is -0.804. The SMILES string of the molecule is CN(C)C(=O)[C@@H]([NH3+])Cc1ccc(Oc2ccc(CCC(=O)O)cc2)cc1. The Morgan fingerprint density at radius 1 is 1.00 bits per heavy atom. The fourth-order valence-corrected chi connectivity index (χ4v) is 2.54. The van der Waals surface area contributed by atoms with Gasteiger partial charge in [-0.2, -0.15) is 0 Å². The number of quaternary nitrogens is 1. The van der Waals surface area contributed by atoms with Crippen molar-refractivity contribution in [3.05, 3.63) is 59.7 Å². The molecule has 2 rings (SSSR count). The van der Waals surface area contributed by atoms with Gasteiger partial charge in [0.2, 0.25) is 0 Å². The molecule has 138 valence electrons. The maximum absolute atomic E-state index is 11.9. The number of aliphatic carboxylic acids is 1. The lowest BCUT2D eigenvalue weighted by molar-refractivity contribution is -0.404. The number of benzene rings is 2. The third-order valence-electron chi connectivity index (χ3n) is 3.98. The zero-order chi connectivity index (χ0) is 19.1. The standard InChI is InChI=1S/C20H24N2O4/c1-22(2)20(25)18(21)13-15-5-10-17(11-6-15)26-16-8-3-14(4-9-16)7-12-19(23)24/h3-6,8-11,18H,7,12-13,21H2,1-2H3,(H,23,24)/p+1/t18-/m0/s1. The van der Waals surface area contributed by atoms with Crippen LogP contribution in [0.5, 0.6) is 11.5 Å². The summed E-state index contributed by atoms with van der Waals surface area (Å²) in [6, 6.07) is 14.7. The van der Waals surface area contributed by atoms with Crippen LogP contribution in [0.1, 0.15) is 17.5 Å². The predicted octanol–water partition coefficient (Wildman–Crippen LogP) is 1.74. The fourth-order valence-electron chi connectivity index (χ4n) is 2.54. The number of rotatable bonds is 8. The van der Waals surface area contributed by atoms with E-state index < -0.39 is 5.97 Å². The highest BCUT2D eigenvalue weighted by Gasteiger charge is 2.19. The lowest BCUT2D eigenvalue weighted by Gasteiger charge is -2.14. The lowest BCUT2D eigenvalue weighted by Crippen LogP contribution is -2.68. The van der Waals surface area contributed by atoms with Crippen molar-refractivity contribution < 1.29 is 25.2 Å². The summed E-state index contributed by atoms with van der Waals surface area (Å²) in [6.07, 6.45) is 1.20. The zero-order valence-corrected chi connectivity index (χ0v) is 15.1. The summed E-state index contributed by atoms with van der Waals surface area (Å²) in [5, 5.41) is 8.71. The first kappa shape index (κ1) is 19.5. The van der Waals surface area contributed by atoms with E-state index in [1.165, 1.54) is 0 Å². The van der Waals surface area contributed by atoms with Crippen molar-refractivity contribution in [1.29, 1.82) is 0 Å². The summed E-state index contributed by atoms with van der Waals surface area (Å²) in [5.41, 5.74) is 5.90. The van der Waals surface area contributed by atoms with E-state index in [-0.39, 0.29) is 18.4 Å². The second-order valence-electron chi connectivity index (χ2n) is 6.42. The Morgan fingerprint density at radius 3 is 1.96 bits per heavy atom. The molecule has 0 aliphatic rings. The lowest BCUT2D eigenvalue weighted by atomic mass is 10.1. The molecule has 1 atom stereocenters. The molecule has 0 spiro atoms. The van der Waals surface area contributed by atoms with E-state index in [0.717, 1.165) is 11.1 Å². The number of carboxylic acids is 1. The van der Waals surface area contributed by atoms with E-state index in [9.17, 15) is 9.59 Å². The van der Waals surface area contributed by atoms with E-state index in [0.29, 0.717) is 24.3 Å². The number of carbonyl (C=O) groups is 2. The third kappa shape index (κ3) is 5.89. The number of ether oxygens (including phenoxy) is 1. The first-order valence-corrected chi connectivity index (χ1v) is 8.47. The molecular weight excluding hydrogens is 332 g/mol. The summed E-state index contributed by atoms with van der Waals surface area (Å²) in [7, 11) is 3.45. The molecule has 0 bridgehead atoms. The van der Waals surface area contributed by atoms with E-state index in [4.69, 9.17) is 9.84 Å². The molecule has 0 aliphatic carbocycles. The Hall–Kier alpha value is -2.86. The Labute approximate surface area is 153 Å². The quantitative estimate of drug-likeness (QED) is 0.752. The molecule has 4 N–H and O–H groups in total. The van der Waals surface area contributed by atoms with E-state index in [2.05, 4.69) is 5.73 Å². The van der Waals surface area contributed by atoms with Gasteiger partial charge in [0, 0.05) is 26.9 Å². The molecule has 1 amide bonds. The van der Waals surface area contributed by atoms with Crippen LogP contribution in [-0.4, -0.2) is 42.0 Å². The van der Waals surface area contributed by atoms with Crippen LogP contribution < -0.4 is 10.5 Å². The van der Waals surface area contributed by atoms with Gasteiger partial charge < -0.3 is 20.5 Å². The molecule has 2 aromatic carbocycles. The average molecular weight is 357 g/mol. The van der Waals surface area contributed by atoms with Crippen LogP contribution in [0.4, 0.5) is 0 Å². The van der Waals surface area contributed by atoms with E-state index in [1.807, 2.05) is 48.5 Å². The van der Waals surface area contributed by atoms with Gasteiger partial charge in [-0.05, 0) is 41.8 Å². The molecule has 0 fully saturated rings. The Bertz CT molecular complexity index is 739. The van der Waals surface area contributed by atoms with Gasteiger partial charge in [0.1, 0.15) is 11.5 Å². The molecular formula is C20H25N2O4+. The van der Waals surface area contributed by atoms with Crippen molar-refractivity contribution in [3.63, 3.8) is 0 Å². The molecule has 0 aliphatic heterocycles. The normalized spacial score (nSPS) is 11.7. The molecule has 0 unspecified atom stereocenters. The Morgan fingerprint density at radius 2 is 1.50 bits per heavy atom. The molecule has 0 aromatic heterocycles. The minimum Gasteiger partial charge on any atom is -0.481 e. The number of amides is 1. The third-order valence-corrected chi connectivity index (χ3v) is 3.98. The largest absolute Gasteiger partial charge is 0.481 e. The highest BCUT2D eigenvalue weighted by Crippen LogP contribution is 2.22. The summed E-state index contributed by atoms with van der Waals surface area (Å²) >= 11 is 0. The molecule has 0 saturated carbocycles. The van der Waals surface area contributed by atoms with Crippen molar-refractivity contribution in [2.24, 2.45) is 0 Å². The molecule has 0 heterocycles. The number of hydrogen-bond acceptors (Lipinski definition) is 3. The molecule has 6 heteroatoms. The highest BCUT2D eigenvalue weighted by molar-refractivity contribution is 5.80. The Kier molecular flexibility index (Phi) is 6.74. The maximum atomic E-state index is 11.9. The topological polar surface area (TPSA) is 94.5 Å². The number of likely N-dealkylation sites (N-methyl/N-ethyl adjacent to an activating group) is 1. The molecule has 2 aromatic rings. The first-order chi connectivity index (χ1) is 12.3. The van der Waals surface area contributed by atoms with Crippen molar-refractivity contribution in [3.8, 4) is 11.5 Å². The second kappa shape index (κ2) is 9.01. The van der Waals surface area contributed by atoms with Crippen molar-refractivity contribution in [1.82, 2.24) is 4.90 Å². The number of aryl methyl sites for hydroxylation is 1. The predicted molar refractivity (Wildman–Crippen MR) is 98.0 cm³/mol. The smallest absolute Gasteiger partial charge is 0.303 e. The summed E-state index contributed by atoms with van der Waals surface area (Å²) in [4.78, 5) is 24.0. The average Bonchev–Trinajstić information content (AvgIpc) is 2.62. The molecule has 0 saturated heterocycles. The summed E-state index contributed by atoms with van der Waals surface area (Å²) in [6.45, 7) is 0. The van der Waals surface area contributed by atoms with Crippen LogP contribution in [0, 0.1) is 0 Å². The monoisotopic (exact) mass is 357 g/mol. The first-order valence-electron chi connectivity index (χ1n) is 8.47. The van der Waals surface area contributed by atoms with Crippen molar-refractivity contribution in [2.45, 2.75) is 25.3 Å². The number of hydrogen-bond donors (Lipinski definition) is 2. The second-order valence-corrected chi connectivity index (χ2v) is 6.42. The Balaban J connectivity index is 1.92. The van der Waals surface area contributed by atoms with Crippen LogP contribution in [0.15, 0.2) is 48.5 Å². The number of carbonyl (C=O) groups excluding carboxylic acids is 1. The van der Waals surface area contributed by atoms with E-state index >= 15 is 0 Å². The van der Waals surface area contributed by atoms with E-state index in [1.54, 1.807) is 19.0 Å². The van der Waals surface area contributed by atoms with Crippen molar-refractivity contribution >= 4 is 11.9 Å². The van der Waals surface area contributed by atoms with Crippen LogP contribution in [0.2, 0.25) is 0 Å². The van der Waals surface area contributed by atoms with Gasteiger partial charge in [-0.15, -0.1) is 0 Å². The van der Waals surface area contributed by atoms with Crippen LogP contribution >= 0.6 is 0 Å². The molecule has 6 nitrogen and oxygen atoms in total. The zero-order valence-electron chi connectivity index (χ0n) is 15.1. The molecule has 0 radical (unpaired) electrons. The van der Waals surface area contributed by atoms with Gasteiger partial charge in [0.25, 0.3) is 5.91 Å². The molecule has 26 heavy (non-hydrogen) atoms. The van der Waals surface area contributed by atoms with Crippen LogP contribution in [0.3, 0.4) is 0 Å². The van der Waals surface area contributed by atoms with Gasteiger partial charge in [0.15, 0.2) is 6.04 Å². The number of nitrogens with zero attached hydrogens (tertiary/aromatic N) is 1. The summed E-state index contributed by atoms with van der Waals surface area (Å²) < 4.78 is 5.80. The van der Waals surface area contributed by atoms with Gasteiger partial charge in [-0.3, -0.25) is 9.59 Å². The number of carboxylic acid groups (broad SMARTS) is 1. The van der Waals surface area contributed by atoms with Gasteiger partial charge in [0.05, 0.1) is 0 Å². The summed E-state index contributed by atoms with van der Waals surface area (Å²) in [5.74, 6) is 0.594. The minimum absolute atomic E-state index is 0.00770. The van der Waals surface area contributed by atoms with Gasteiger partial charge in [-0.25, -0.2) is 0 Å². The van der Waals surface area contributed by atoms with Crippen LogP contribution in [0.25, 0.3) is 0 Å². The van der Waals surface area contributed by atoms with Gasteiger partial charge >= 0.3 is 5.97 Å². The van der Waals surface area contributed by atoms with Crippen molar-refractivity contribution in [2.75, 3.05) is 14.1 Å². The highest BCUT2D eigenvalue weighted by atomic mass is 16.5. The van der Waals surface area contributed by atoms with Gasteiger partial charge in [-0.1, -0.05) is 24.3 Å². The maximum Gasteiger partial charge on any atom is 0.303 e.